The molecule has 0 bridgehead atoms. The first-order valence-corrected chi connectivity index (χ1v) is 11.4. The molecule has 3 N–H and O–H groups in total. The van der Waals surface area contributed by atoms with E-state index in [1.54, 1.807) is 0 Å². The van der Waals surface area contributed by atoms with Crippen molar-refractivity contribution < 1.29 is 14.6 Å². The van der Waals surface area contributed by atoms with Gasteiger partial charge in [-0.3, -0.25) is 9.89 Å². The number of benzene rings is 2. The topological polar surface area (TPSA) is 78.4 Å². The molecular formula is C25H36N4O3. The number of nitrogens with one attached hydrogen (secondary N) is 2. The molecular weight excluding hydrogens is 404 g/mol. The van der Waals surface area contributed by atoms with Crippen LogP contribution in [0.2, 0.25) is 0 Å². The number of para-hydroxylation sites is 1. The standard InChI is InChI=1S/C25H36N4O3/c1-3-26-24(28-19-25(2,30)20-29-14-17-31-18-15-29)27-13-16-32-23-12-8-7-11-22(23)21-9-5-4-6-10-21/h4-12,30H,3,13-20H2,1-2H3,(H2,26,27,28). The van der Waals surface area contributed by atoms with Crippen LogP contribution in [0.3, 0.4) is 0 Å². The molecule has 1 fully saturated rings. The summed E-state index contributed by atoms with van der Waals surface area (Å²) in [5, 5.41) is 17.3. The summed E-state index contributed by atoms with van der Waals surface area (Å²) in [6.45, 7) is 9.73. The molecule has 0 aromatic heterocycles. The number of nitrogens with zero attached hydrogens (tertiary/aromatic N) is 2. The van der Waals surface area contributed by atoms with Gasteiger partial charge in [0.15, 0.2) is 5.96 Å². The number of guanidine groups is 1. The van der Waals surface area contributed by atoms with E-state index in [4.69, 9.17) is 9.47 Å². The fourth-order valence-corrected chi connectivity index (χ4v) is 3.66. The van der Waals surface area contributed by atoms with Gasteiger partial charge >= 0.3 is 0 Å². The molecule has 2 aromatic carbocycles. The first kappa shape index (κ1) is 24.0. The monoisotopic (exact) mass is 440 g/mol. The van der Waals surface area contributed by atoms with E-state index in [1.807, 2.05) is 50.2 Å². The lowest BCUT2D eigenvalue weighted by atomic mass is 10.1. The van der Waals surface area contributed by atoms with Crippen LogP contribution < -0.4 is 15.4 Å². The Bertz CT molecular complexity index is 836. The van der Waals surface area contributed by atoms with Crippen LogP contribution in [0.15, 0.2) is 59.6 Å². The Kier molecular flexibility index (Phi) is 9.34. The minimum atomic E-state index is -0.898. The van der Waals surface area contributed by atoms with Crippen molar-refractivity contribution in [3.8, 4) is 16.9 Å². The maximum atomic E-state index is 10.8. The van der Waals surface area contributed by atoms with Crippen LogP contribution in [0.5, 0.6) is 5.75 Å². The second-order valence-corrected chi connectivity index (χ2v) is 8.22. The Hall–Kier alpha value is -2.61. The summed E-state index contributed by atoms with van der Waals surface area (Å²) < 4.78 is 11.4. The molecule has 1 aliphatic heterocycles. The number of aliphatic imine (C=N–C) groups is 1. The summed E-state index contributed by atoms with van der Waals surface area (Å²) >= 11 is 0. The lowest BCUT2D eigenvalue weighted by Gasteiger charge is -2.33. The Morgan fingerprint density at radius 1 is 1.09 bits per heavy atom. The van der Waals surface area contributed by atoms with Gasteiger partial charge in [0.2, 0.25) is 0 Å². The Labute approximate surface area is 191 Å². The lowest BCUT2D eigenvalue weighted by molar-refractivity contribution is -0.0179. The maximum absolute atomic E-state index is 10.8. The van der Waals surface area contributed by atoms with E-state index < -0.39 is 5.60 Å². The first-order chi connectivity index (χ1) is 15.6. The van der Waals surface area contributed by atoms with E-state index in [9.17, 15) is 5.11 Å². The lowest BCUT2D eigenvalue weighted by Crippen LogP contribution is -2.48. The van der Waals surface area contributed by atoms with Crippen LogP contribution in [0.1, 0.15) is 13.8 Å². The molecule has 0 amide bonds. The van der Waals surface area contributed by atoms with Crippen molar-refractivity contribution in [1.29, 1.82) is 0 Å². The Morgan fingerprint density at radius 2 is 1.81 bits per heavy atom. The summed E-state index contributed by atoms with van der Waals surface area (Å²) in [5.74, 6) is 1.53. The minimum absolute atomic E-state index is 0.317. The molecule has 0 saturated carbocycles. The van der Waals surface area contributed by atoms with Crippen molar-refractivity contribution in [1.82, 2.24) is 15.5 Å². The highest BCUT2D eigenvalue weighted by atomic mass is 16.5. The second kappa shape index (κ2) is 12.4. The molecule has 0 aliphatic carbocycles. The van der Waals surface area contributed by atoms with E-state index in [2.05, 4.69) is 38.7 Å². The zero-order valence-corrected chi connectivity index (χ0v) is 19.2. The van der Waals surface area contributed by atoms with Gasteiger partial charge in [-0.15, -0.1) is 0 Å². The first-order valence-electron chi connectivity index (χ1n) is 11.4. The minimum Gasteiger partial charge on any atom is -0.491 e. The van der Waals surface area contributed by atoms with Crippen molar-refractivity contribution in [2.24, 2.45) is 4.99 Å². The Morgan fingerprint density at radius 3 is 2.56 bits per heavy atom. The van der Waals surface area contributed by atoms with Gasteiger partial charge in [0.1, 0.15) is 12.4 Å². The van der Waals surface area contributed by atoms with Gasteiger partial charge in [0.05, 0.1) is 31.9 Å². The van der Waals surface area contributed by atoms with Gasteiger partial charge in [0.25, 0.3) is 0 Å². The Balaban J connectivity index is 1.50. The van der Waals surface area contributed by atoms with Crippen LogP contribution in [-0.2, 0) is 4.74 Å². The predicted molar refractivity (Wildman–Crippen MR) is 129 cm³/mol. The summed E-state index contributed by atoms with van der Waals surface area (Å²) in [6, 6.07) is 18.3. The third-order valence-electron chi connectivity index (χ3n) is 5.21. The van der Waals surface area contributed by atoms with Gasteiger partial charge < -0.3 is 25.2 Å². The van der Waals surface area contributed by atoms with Gasteiger partial charge in [-0.25, -0.2) is 0 Å². The largest absolute Gasteiger partial charge is 0.491 e. The van der Waals surface area contributed by atoms with Crippen molar-refractivity contribution in [2.75, 3.05) is 59.1 Å². The highest BCUT2D eigenvalue weighted by Crippen LogP contribution is 2.29. The van der Waals surface area contributed by atoms with E-state index in [0.29, 0.717) is 32.2 Å². The highest BCUT2D eigenvalue weighted by molar-refractivity contribution is 5.79. The highest BCUT2D eigenvalue weighted by Gasteiger charge is 2.25. The second-order valence-electron chi connectivity index (χ2n) is 8.22. The molecule has 7 heteroatoms. The molecule has 1 saturated heterocycles. The van der Waals surface area contributed by atoms with Crippen LogP contribution >= 0.6 is 0 Å². The van der Waals surface area contributed by atoms with Gasteiger partial charge in [-0.1, -0.05) is 48.5 Å². The molecule has 32 heavy (non-hydrogen) atoms. The molecule has 0 spiro atoms. The zero-order valence-electron chi connectivity index (χ0n) is 19.2. The SMILES string of the molecule is CCNC(=NCC(C)(O)CN1CCOCC1)NCCOc1ccccc1-c1ccccc1. The summed E-state index contributed by atoms with van der Waals surface area (Å²) in [5.41, 5.74) is 1.31. The number of aliphatic hydroxyl groups is 1. The average molecular weight is 441 g/mol. The average Bonchev–Trinajstić information content (AvgIpc) is 2.81. The molecule has 1 heterocycles. The molecule has 2 aromatic rings. The van der Waals surface area contributed by atoms with Crippen molar-refractivity contribution in [2.45, 2.75) is 19.4 Å². The number of hydrogen-bond acceptors (Lipinski definition) is 5. The van der Waals surface area contributed by atoms with Gasteiger partial charge in [-0.05, 0) is 25.5 Å². The summed E-state index contributed by atoms with van der Waals surface area (Å²) in [6.07, 6.45) is 0. The molecule has 3 rings (SSSR count). The quantitative estimate of drug-likeness (QED) is 0.299. The number of morpholine rings is 1. The molecule has 174 valence electrons. The number of ether oxygens (including phenoxy) is 2. The van der Waals surface area contributed by atoms with Crippen LogP contribution in [0.25, 0.3) is 11.1 Å². The molecule has 0 radical (unpaired) electrons. The molecule has 1 atom stereocenters. The van der Waals surface area contributed by atoms with E-state index >= 15 is 0 Å². The summed E-state index contributed by atoms with van der Waals surface area (Å²) in [4.78, 5) is 6.81. The predicted octanol–water partition coefficient (Wildman–Crippen LogP) is 2.37. The third-order valence-corrected chi connectivity index (χ3v) is 5.21. The van der Waals surface area contributed by atoms with Gasteiger partial charge in [0, 0.05) is 31.7 Å². The fraction of sp³-hybridized carbons (Fsp3) is 0.480. The number of rotatable bonds is 10. The van der Waals surface area contributed by atoms with Crippen LogP contribution in [0.4, 0.5) is 0 Å². The number of β-amino-alcohol motifs (C(OH)–C–C–N with tert-alkyl or cyclic N) is 1. The maximum Gasteiger partial charge on any atom is 0.191 e. The van der Waals surface area contributed by atoms with Gasteiger partial charge in [-0.2, -0.15) is 0 Å². The van der Waals surface area contributed by atoms with E-state index in [0.717, 1.165) is 49.7 Å². The molecule has 1 unspecified atom stereocenters. The van der Waals surface area contributed by atoms with Crippen LogP contribution in [0, 0.1) is 0 Å². The third kappa shape index (κ3) is 7.82. The van der Waals surface area contributed by atoms with Crippen molar-refractivity contribution in [3.63, 3.8) is 0 Å². The van der Waals surface area contributed by atoms with Crippen molar-refractivity contribution >= 4 is 5.96 Å². The number of hydrogen-bond donors (Lipinski definition) is 3. The molecule has 7 nitrogen and oxygen atoms in total. The smallest absolute Gasteiger partial charge is 0.191 e. The molecule has 1 aliphatic rings. The van der Waals surface area contributed by atoms with E-state index in [-0.39, 0.29) is 0 Å². The normalized spacial score (nSPS) is 16.9. The summed E-state index contributed by atoms with van der Waals surface area (Å²) in [7, 11) is 0. The van der Waals surface area contributed by atoms with Crippen LogP contribution in [-0.4, -0.2) is 80.7 Å². The van der Waals surface area contributed by atoms with E-state index in [1.165, 1.54) is 0 Å². The zero-order chi connectivity index (χ0) is 22.7. The fourth-order valence-electron chi connectivity index (χ4n) is 3.66. The van der Waals surface area contributed by atoms with Crippen molar-refractivity contribution in [3.05, 3.63) is 54.6 Å².